The average Bonchev–Trinajstić information content (AvgIpc) is 2.61. The maximum Gasteiger partial charge on any atom is 0.138 e. The van der Waals surface area contributed by atoms with E-state index in [1.54, 1.807) is 0 Å². The zero-order valence-corrected chi connectivity index (χ0v) is 7.95. The van der Waals surface area contributed by atoms with Crippen LogP contribution in [0.1, 0.15) is 26.2 Å². The molecular formula is C9H16N4. The summed E-state index contributed by atoms with van der Waals surface area (Å²) in [5.74, 6) is 0. The lowest BCUT2D eigenvalue weighted by atomic mass is 10.1. The first kappa shape index (κ1) is 8.81. The molecule has 0 aliphatic carbocycles. The van der Waals surface area contributed by atoms with Gasteiger partial charge in [0.2, 0.25) is 0 Å². The lowest BCUT2D eigenvalue weighted by Crippen LogP contribution is -2.54. The molecule has 72 valence electrons. The number of nitrogens with zero attached hydrogens (tertiary/aromatic N) is 2. The molecule has 2 unspecified atom stereocenters. The number of hydrogen-bond donors (Lipinski definition) is 2. The fourth-order valence-electron chi connectivity index (χ4n) is 1.70. The molecule has 1 saturated heterocycles. The van der Waals surface area contributed by atoms with Crippen LogP contribution in [0.2, 0.25) is 0 Å². The van der Waals surface area contributed by atoms with E-state index in [2.05, 4.69) is 34.2 Å². The van der Waals surface area contributed by atoms with Crippen LogP contribution >= 0.6 is 0 Å². The van der Waals surface area contributed by atoms with Crippen LogP contribution in [-0.2, 0) is 0 Å². The molecule has 4 nitrogen and oxygen atoms in total. The van der Waals surface area contributed by atoms with Crippen LogP contribution in [0.5, 0.6) is 0 Å². The highest BCUT2D eigenvalue weighted by atomic mass is 15.5. The first-order valence-corrected chi connectivity index (χ1v) is 4.95. The van der Waals surface area contributed by atoms with E-state index in [0.717, 1.165) is 6.54 Å². The Hall–Kier alpha value is -0.770. The predicted molar refractivity (Wildman–Crippen MR) is 51.8 cm³/mol. The highest BCUT2D eigenvalue weighted by Gasteiger charge is 2.28. The van der Waals surface area contributed by atoms with Gasteiger partial charge in [-0.1, -0.05) is 19.8 Å². The quantitative estimate of drug-likeness (QED) is 0.659. The molecule has 13 heavy (non-hydrogen) atoms. The lowest BCUT2D eigenvalue weighted by Gasteiger charge is -2.34. The molecule has 0 aromatic rings. The van der Waals surface area contributed by atoms with Gasteiger partial charge in [0, 0.05) is 12.6 Å². The summed E-state index contributed by atoms with van der Waals surface area (Å²) in [6.07, 6.45) is 5.77. The van der Waals surface area contributed by atoms with E-state index in [1.165, 1.54) is 19.3 Å². The molecule has 2 atom stereocenters. The number of piperazine rings is 1. The molecule has 0 bridgehead atoms. The Kier molecular flexibility index (Phi) is 2.68. The summed E-state index contributed by atoms with van der Waals surface area (Å²) in [5, 5.41) is 7.28. The van der Waals surface area contributed by atoms with Gasteiger partial charge < -0.3 is 4.90 Å². The largest absolute Gasteiger partial charge is 0.336 e. The Bertz CT molecular complexity index is 192. The number of hydrogen-bond acceptors (Lipinski definition) is 4. The first-order valence-electron chi connectivity index (χ1n) is 4.95. The second kappa shape index (κ2) is 3.96. The molecule has 2 aliphatic heterocycles. The van der Waals surface area contributed by atoms with Crippen molar-refractivity contribution in [2.24, 2.45) is 5.10 Å². The summed E-state index contributed by atoms with van der Waals surface area (Å²) >= 11 is 0. The second-order valence-electron chi connectivity index (χ2n) is 3.60. The second-order valence-corrected chi connectivity index (χ2v) is 3.60. The maximum absolute atomic E-state index is 3.99. The van der Waals surface area contributed by atoms with Crippen LogP contribution in [0.4, 0.5) is 0 Å². The molecule has 2 rings (SSSR count). The van der Waals surface area contributed by atoms with Crippen LogP contribution in [0, 0.1) is 6.54 Å². The molecule has 0 aromatic heterocycles. The van der Waals surface area contributed by atoms with Crippen molar-refractivity contribution in [3.63, 3.8) is 0 Å². The lowest BCUT2D eigenvalue weighted by molar-refractivity contribution is 0.237. The van der Waals surface area contributed by atoms with Crippen molar-refractivity contribution >= 4 is 6.34 Å². The Morgan fingerprint density at radius 3 is 3.46 bits per heavy atom. The van der Waals surface area contributed by atoms with Crippen molar-refractivity contribution in [1.82, 2.24) is 15.6 Å². The van der Waals surface area contributed by atoms with Crippen LogP contribution in [0.25, 0.3) is 0 Å². The van der Waals surface area contributed by atoms with Gasteiger partial charge in [0.1, 0.15) is 19.0 Å². The molecule has 1 fully saturated rings. The van der Waals surface area contributed by atoms with Crippen molar-refractivity contribution in [2.45, 2.75) is 38.4 Å². The van der Waals surface area contributed by atoms with Gasteiger partial charge in [-0.3, -0.25) is 10.7 Å². The summed E-state index contributed by atoms with van der Waals surface area (Å²) in [5.41, 5.74) is 2.96. The van der Waals surface area contributed by atoms with Gasteiger partial charge in [0.05, 0.1) is 0 Å². The maximum atomic E-state index is 3.99. The summed E-state index contributed by atoms with van der Waals surface area (Å²) in [7, 11) is 0. The number of nitrogens with one attached hydrogen (secondary N) is 2. The van der Waals surface area contributed by atoms with Crippen LogP contribution in [0.3, 0.4) is 0 Å². The molecule has 2 aliphatic rings. The monoisotopic (exact) mass is 180 g/mol. The number of unbranched alkanes of at least 4 members (excludes halogenated alkanes) is 1. The Morgan fingerprint density at radius 1 is 1.69 bits per heavy atom. The van der Waals surface area contributed by atoms with E-state index >= 15 is 0 Å². The molecule has 2 N–H and O–H groups in total. The molecule has 0 saturated carbocycles. The highest BCUT2D eigenvalue weighted by Crippen LogP contribution is 2.13. The van der Waals surface area contributed by atoms with Gasteiger partial charge in [-0.05, 0) is 6.42 Å². The smallest absolute Gasteiger partial charge is 0.138 e. The summed E-state index contributed by atoms with van der Waals surface area (Å²) in [6, 6.07) is 0.544. The number of hydrazone groups is 1. The Morgan fingerprint density at radius 2 is 2.62 bits per heavy atom. The predicted octanol–water partition coefficient (Wildman–Crippen LogP) is 0.362. The average molecular weight is 180 g/mol. The highest BCUT2D eigenvalue weighted by molar-refractivity contribution is 5.57. The molecule has 2 radical (unpaired) electrons. The minimum atomic E-state index is 0.151. The summed E-state index contributed by atoms with van der Waals surface area (Å²) in [4.78, 5) is 2.18. The molecule has 4 heteroatoms. The Balaban J connectivity index is 1.79. The third-order valence-electron chi connectivity index (χ3n) is 2.50. The first-order chi connectivity index (χ1) is 6.40. The van der Waals surface area contributed by atoms with Gasteiger partial charge in [-0.2, -0.15) is 5.10 Å². The van der Waals surface area contributed by atoms with Crippen molar-refractivity contribution in [3.8, 4) is 0 Å². The van der Waals surface area contributed by atoms with Crippen LogP contribution in [0.15, 0.2) is 5.10 Å². The fraction of sp³-hybridized carbons (Fsp3) is 0.778. The van der Waals surface area contributed by atoms with Crippen molar-refractivity contribution in [2.75, 3.05) is 6.54 Å². The number of rotatable bonds is 3. The molecule has 0 aromatic carbocycles. The summed E-state index contributed by atoms with van der Waals surface area (Å²) in [6.45, 7) is 6.44. The minimum absolute atomic E-state index is 0.151. The van der Waals surface area contributed by atoms with Gasteiger partial charge in [-0.15, -0.1) is 0 Å². The van der Waals surface area contributed by atoms with E-state index in [4.69, 9.17) is 0 Å². The molecular weight excluding hydrogens is 164 g/mol. The SMILES string of the molecule is CCCCC1CN2C=NNC2[C]N1. The minimum Gasteiger partial charge on any atom is -0.336 e. The zero-order chi connectivity index (χ0) is 9.10. The van der Waals surface area contributed by atoms with Gasteiger partial charge in [0.15, 0.2) is 0 Å². The summed E-state index contributed by atoms with van der Waals surface area (Å²) < 4.78 is 0. The van der Waals surface area contributed by atoms with Crippen LogP contribution < -0.4 is 10.7 Å². The molecule has 2 heterocycles. The van der Waals surface area contributed by atoms with Crippen molar-refractivity contribution < 1.29 is 0 Å². The van der Waals surface area contributed by atoms with E-state index in [9.17, 15) is 0 Å². The molecule has 0 amide bonds. The number of fused-ring (bicyclic) bond motifs is 1. The third-order valence-corrected chi connectivity index (χ3v) is 2.50. The molecule has 0 spiro atoms. The van der Waals surface area contributed by atoms with E-state index in [0.29, 0.717) is 6.04 Å². The van der Waals surface area contributed by atoms with E-state index < -0.39 is 0 Å². The van der Waals surface area contributed by atoms with Crippen molar-refractivity contribution in [3.05, 3.63) is 6.54 Å². The van der Waals surface area contributed by atoms with Gasteiger partial charge in [0.25, 0.3) is 0 Å². The third kappa shape index (κ3) is 1.94. The topological polar surface area (TPSA) is 39.7 Å². The van der Waals surface area contributed by atoms with Crippen molar-refractivity contribution in [1.29, 1.82) is 0 Å². The zero-order valence-electron chi connectivity index (χ0n) is 7.95. The van der Waals surface area contributed by atoms with Gasteiger partial charge >= 0.3 is 0 Å². The fourth-order valence-corrected chi connectivity index (χ4v) is 1.70. The standard InChI is InChI=1S/C9H16N4/c1-2-3-4-8-6-13-7-11-12-9(13)5-10-8/h7-10,12H,2-4,6H2,1H3. The van der Waals surface area contributed by atoms with Crippen LogP contribution in [-0.4, -0.2) is 30.0 Å². The van der Waals surface area contributed by atoms with Gasteiger partial charge in [-0.25, -0.2) is 0 Å². The van der Waals surface area contributed by atoms with E-state index in [1.807, 2.05) is 6.34 Å². The normalized spacial score (nSPS) is 31.6. The van der Waals surface area contributed by atoms with E-state index in [-0.39, 0.29) is 6.17 Å². The Labute approximate surface area is 79.4 Å².